The van der Waals surface area contributed by atoms with Crippen LogP contribution in [0.4, 0.5) is 18.0 Å². The van der Waals surface area contributed by atoms with E-state index in [0.29, 0.717) is 37.1 Å². The molecule has 0 saturated carbocycles. The molecule has 166 valence electrons. The Bertz CT molecular complexity index is 897. The molecule has 2 amide bonds. The van der Waals surface area contributed by atoms with Gasteiger partial charge in [0, 0.05) is 19.2 Å². The molecule has 0 spiro atoms. The fourth-order valence-electron chi connectivity index (χ4n) is 2.81. The van der Waals surface area contributed by atoms with Gasteiger partial charge in [-0.3, -0.25) is 4.79 Å². The number of ether oxygens (including phenoxy) is 1. The van der Waals surface area contributed by atoms with E-state index in [0.717, 1.165) is 0 Å². The molecule has 0 aliphatic carbocycles. The van der Waals surface area contributed by atoms with Gasteiger partial charge in [-0.05, 0) is 31.9 Å². The minimum absolute atomic E-state index is 0.0563. The summed E-state index contributed by atoms with van der Waals surface area (Å²) in [6, 6.07) is 1.20. The van der Waals surface area contributed by atoms with Crippen LogP contribution in [0, 0.1) is 0 Å². The first-order valence-electron chi connectivity index (χ1n) is 9.41. The number of aliphatic carboxylic acids is 1. The van der Waals surface area contributed by atoms with E-state index < -0.39 is 29.9 Å². The fourth-order valence-corrected chi connectivity index (χ4v) is 2.81. The summed E-state index contributed by atoms with van der Waals surface area (Å²) in [6.45, 7) is 3.74. The fraction of sp³-hybridized carbons (Fsp3) is 0.526. The Morgan fingerprint density at radius 1 is 1.37 bits per heavy atom. The van der Waals surface area contributed by atoms with Crippen LogP contribution in [-0.2, 0) is 17.4 Å². The van der Waals surface area contributed by atoms with Crippen molar-refractivity contribution in [1.82, 2.24) is 15.4 Å². The molecule has 8 nitrogen and oxygen atoms in total. The Hall–Kier alpha value is -2.98. The second-order valence-corrected chi connectivity index (χ2v) is 6.83. The number of carbonyl (C=O) groups excluding carboxylic acids is 1. The van der Waals surface area contributed by atoms with E-state index in [9.17, 15) is 22.8 Å². The largest absolute Gasteiger partial charge is 0.493 e. The topological polar surface area (TPSA) is 105 Å². The maximum atomic E-state index is 13.1. The molecule has 2 N–H and O–H groups in total. The van der Waals surface area contributed by atoms with Gasteiger partial charge in [-0.2, -0.15) is 13.2 Å². The van der Waals surface area contributed by atoms with Gasteiger partial charge >= 0.3 is 18.2 Å². The van der Waals surface area contributed by atoms with Gasteiger partial charge < -0.3 is 24.6 Å². The Morgan fingerprint density at radius 3 is 2.67 bits per heavy atom. The summed E-state index contributed by atoms with van der Waals surface area (Å²) in [4.78, 5) is 24.0. The van der Waals surface area contributed by atoms with Crippen LogP contribution in [0.2, 0.25) is 0 Å². The first-order valence-corrected chi connectivity index (χ1v) is 9.41. The Labute approximate surface area is 170 Å². The summed E-state index contributed by atoms with van der Waals surface area (Å²) in [5.41, 5.74) is -0.496. The number of carbonyl (C=O) groups is 2. The molecule has 1 aromatic heterocycles. The number of nitrogens with zero attached hydrogens (tertiary/aromatic N) is 2. The molecule has 2 rings (SSSR count). The molecular weight excluding hydrogens is 407 g/mol. The van der Waals surface area contributed by atoms with Crippen LogP contribution < -0.4 is 10.1 Å². The number of rotatable bonds is 9. The Kier molecular flexibility index (Phi) is 7.52. The number of hydrogen-bond acceptors (Lipinski definition) is 5. The Morgan fingerprint density at radius 2 is 2.07 bits per heavy atom. The summed E-state index contributed by atoms with van der Waals surface area (Å²) >= 11 is 0. The normalized spacial score (nSPS) is 12.6. The van der Waals surface area contributed by atoms with Gasteiger partial charge in [0.1, 0.15) is 11.8 Å². The third-order valence-corrected chi connectivity index (χ3v) is 4.42. The lowest BCUT2D eigenvalue weighted by molar-refractivity contribution is -0.141. The van der Waals surface area contributed by atoms with E-state index in [-0.39, 0.29) is 17.6 Å². The number of fused-ring (bicyclic) bond motifs is 1. The van der Waals surface area contributed by atoms with Crippen molar-refractivity contribution in [3.8, 4) is 5.75 Å². The summed E-state index contributed by atoms with van der Waals surface area (Å²) < 4.78 is 49.9. The number of halogens is 3. The molecule has 0 aliphatic heterocycles. The first kappa shape index (κ1) is 23.3. The highest BCUT2D eigenvalue weighted by Crippen LogP contribution is 2.38. The third-order valence-electron chi connectivity index (χ3n) is 4.42. The number of aromatic nitrogens is 1. The summed E-state index contributed by atoms with van der Waals surface area (Å²) in [7, 11) is 1.52. The maximum Gasteiger partial charge on any atom is 0.437 e. The molecule has 0 fully saturated rings. The number of urea groups is 1. The molecule has 1 atom stereocenters. The van der Waals surface area contributed by atoms with Crippen molar-refractivity contribution < 1.29 is 37.1 Å². The summed E-state index contributed by atoms with van der Waals surface area (Å²) in [5.74, 6) is -0.735. The number of hydrogen-bond donors (Lipinski definition) is 2. The van der Waals surface area contributed by atoms with Crippen molar-refractivity contribution in [2.45, 2.75) is 45.3 Å². The van der Waals surface area contributed by atoms with Crippen LogP contribution >= 0.6 is 0 Å². The predicted molar refractivity (Wildman–Crippen MR) is 101 cm³/mol. The Balaban J connectivity index is 2.01. The van der Waals surface area contributed by atoms with Gasteiger partial charge in [0.05, 0.1) is 12.0 Å². The minimum atomic E-state index is -4.61. The zero-order valence-electron chi connectivity index (χ0n) is 16.9. The van der Waals surface area contributed by atoms with Gasteiger partial charge in [-0.25, -0.2) is 4.79 Å². The predicted octanol–water partition coefficient (Wildman–Crippen LogP) is 3.68. The molecule has 30 heavy (non-hydrogen) atoms. The second kappa shape index (κ2) is 9.68. The molecule has 2 aromatic rings. The molecule has 1 unspecified atom stereocenters. The molecule has 1 aromatic carbocycles. The van der Waals surface area contributed by atoms with Gasteiger partial charge in [-0.15, -0.1) is 0 Å². The van der Waals surface area contributed by atoms with E-state index in [1.807, 2.05) is 6.92 Å². The molecule has 0 aliphatic rings. The number of carboxylic acids is 1. The standard InChI is InChI=1S/C19H24F3N3O5/c1-4-6-12-14(8-7-13-15(12)30-24-16(13)19(20,21)22)29-10-5-9-25(3)18(28)23-11(2)17(26)27/h7-8,11H,4-6,9-10H2,1-3H3,(H,23,28)(H,26,27). The highest BCUT2D eigenvalue weighted by molar-refractivity contribution is 5.85. The van der Waals surface area contributed by atoms with E-state index in [1.165, 1.54) is 31.0 Å². The number of amides is 2. The van der Waals surface area contributed by atoms with E-state index in [4.69, 9.17) is 14.4 Å². The van der Waals surface area contributed by atoms with Crippen molar-refractivity contribution >= 4 is 23.0 Å². The van der Waals surface area contributed by atoms with Crippen LogP contribution in [0.5, 0.6) is 5.75 Å². The zero-order chi connectivity index (χ0) is 22.5. The molecule has 0 bridgehead atoms. The lowest BCUT2D eigenvalue weighted by Gasteiger charge is -2.20. The van der Waals surface area contributed by atoms with Gasteiger partial charge in [0.2, 0.25) is 0 Å². The summed E-state index contributed by atoms with van der Waals surface area (Å²) in [6.07, 6.45) is -3.06. The molecule has 11 heteroatoms. The SMILES string of the molecule is CCCc1c(OCCCN(C)C(=O)NC(C)C(=O)O)ccc2c(C(F)(F)F)noc12. The maximum absolute atomic E-state index is 13.1. The van der Waals surface area contributed by atoms with Gasteiger partial charge in [0.25, 0.3) is 0 Å². The zero-order valence-corrected chi connectivity index (χ0v) is 16.9. The van der Waals surface area contributed by atoms with E-state index >= 15 is 0 Å². The highest BCUT2D eigenvalue weighted by atomic mass is 19.4. The average Bonchev–Trinajstić information content (AvgIpc) is 3.11. The number of carboxylic acid groups (broad SMARTS) is 1. The van der Waals surface area contributed by atoms with E-state index in [2.05, 4.69) is 10.5 Å². The van der Waals surface area contributed by atoms with Crippen molar-refractivity contribution in [3.05, 3.63) is 23.4 Å². The second-order valence-electron chi connectivity index (χ2n) is 6.83. The lowest BCUT2D eigenvalue weighted by atomic mass is 10.0. The van der Waals surface area contributed by atoms with Crippen molar-refractivity contribution in [2.24, 2.45) is 0 Å². The van der Waals surface area contributed by atoms with Crippen LogP contribution in [-0.4, -0.2) is 53.4 Å². The van der Waals surface area contributed by atoms with Crippen molar-refractivity contribution in [2.75, 3.05) is 20.2 Å². The monoisotopic (exact) mass is 431 g/mol. The number of benzene rings is 1. The molecule has 0 radical (unpaired) electrons. The summed E-state index contributed by atoms with van der Waals surface area (Å²) in [5, 5.41) is 14.2. The van der Waals surface area contributed by atoms with Crippen LogP contribution in [0.15, 0.2) is 16.7 Å². The lowest BCUT2D eigenvalue weighted by Crippen LogP contribution is -2.45. The minimum Gasteiger partial charge on any atom is -0.493 e. The molecular formula is C19H24F3N3O5. The van der Waals surface area contributed by atoms with Crippen LogP contribution in [0.3, 0.4) is 0 Å². The highest BCUT2D eigenvalue weighted by Gasteiger charge is 2.37. The quantitative estimate of drug-likeness (QED) is 0.587. The van der Waals surface area contributed by atoms with Crippen LogP contribution in [0.1, 0.15) is 37.9 Å². The van der Waals surface area contributed by atoms with Gasteiger partial charge in [0.15, 0.2) is 11.3 Å². The van der Waals surface area contributed by atoms with Crippen molar-refractivity contribution in [3.63, 3.8) is 0 Å². The first-order chi connectivity index (χ1) is 14.1. The van der Waals surface area contributed by atoms with Crippen LogP contribution in [0.25, 0.3) is 11.0 Å². The molecule has 1 heterocycles. The molecule has 0 saturated heterocycles. The van der Waals surface area contributed by atoms with E-state index in [1.54, 1.807) is 0 Å². The number of nitrogens with one attached hydrogen (secondary N) is 1. The van der Waals surface area contributed by atoms with Gasteiger partial charge in [-0.1, -0.05) is 18.5 Å². The third kappa shape index (κ3) is 5.55. The smallest absolute Gasteiger partial charge is 0.437 e. The van der Waals surface area contributed by atoms with Crippen molar-refractivity contribution in [1.29, 1.82) is 0 Å². The number of aryl methyl sites for hydroxylation is 1. The number of alkyl halides is 3. The average molecular weight is 431 g/mol.